The van der Waals surface area contributed by atoms with Crippen LogP contribution in [-0.2, 0) is 5.33 Å². The van der Waals surface area contributed by atoms with Crippen molar-refractivity contribution >= 4 is 21.6 Å². The van der Waals surface area contributed by atoms with Crippen LogP contribution in [0.5, 0.6) is 0 Å². The predicted molar refractivity (Wildman–Crippen MR) is 83.5 cm³/mol. The molecule has 3 unspecified atom stereocenters. The van der Waals surface area contributed by atoms with E-state index in [2.05, 4.69) is 59.8 Å². The number of anilines is 1. The molecular formula is C16H21BrN2. The Labute approximate surface area is 124 Å². The van der Waals surface area contributed by atoms with Crippen molar-refractivity contribution in [2.45, 2.75) is 38.6 Å². The zero-order valence-electron chi connectivity index (χ0n) is 11.9. The summed E-state index contributed by atoms with van der Waals surface area (Å²) in [5.41, 5.74) is 3.05. The van der Waals surface area contributed by atoms with Gasteiger partial charge in [-0.05, 0) is 42.9 Å². The highest BCUT2D eigenvalue weighted by molar-refractivity contribution is 9.08. The van der Waals surface area contributed by atoms with Crippen molar-refractivity contribution in [3.05, 3.63) is 29.3 Å². The fourth-order valence-electron chi connectivity index (χ4n) is 3.04. The molecular weight excluding hydrogens is 300 g/mol. The molecule has 1 heterocycles. The molecule has 1 aromatic rings. The molecule has 1 saturated heterocycles. The second-order valence-corrected chi connectivity index (χ2v) is 6.37. The summed E-state index contributed by atoms with van der Waals surface area (Å²) in [7, 11) is 0. The van der Waals surface area contributed by atoms with Crippen LogP contribution in [0.3, 0.4) is 0 Å². The van der Waals surface area contributed by atoms with Gasteiger partial charge in [-0.3, -0.25) is 0 Å². The Morgan fingerprint density at radius 3 is 2.74 bits per heavy atom. The van der Waals surface area contributed by atoms with Crippen molar-refractivity contribution in [1.29, 1.82) is 5.26 Å². The lowest BCUT2D eigenvalue weighted by Crippen LogP contribution is -2.46. The predicted octanol–water partition coefficient (Wildman–Crippen LogP) is 4.32. The van der Waals surface area contributed by atoms with Crippen molar-refractivity contribution in [2.75, 3.05) is 11.4 Å². The van der Waals surface area contributed by atoms with Gasteiger partial charge in [0.15, 0.2) is 0 Å². The van der Waals surface area contributed by atoms with Gasteiger partial charge in [0, 0.05) is 17.9 Å². The zero-order chi connectivity index (χ0) is 14.0. The molecule has 1 aliphatic rings. The van der Waals surface area contributed by atoms with Gasteiger partial charge in [0.2, 0.25) is 0 Å². The summed E-state index contributed by atoms with van der Waals surface area (Å²) in [5.74, 6) is 1.36. The summed E-state index contributed by atoms with van der Waals surface area (Å²) in [5, 5.41) is 10.2. The zero-order valence-corrected chi connectivity index (χ0v) is 13.4. The first-order chi connectivity index (χ1) is 9.06. The maximum absolute atomic E-state index is 9.40. The number of halogens is 1. The quantitative estimate of drug-likeness (QED) is 0.758. The SMILES string of the molecule is CC1CC(C)C(C)N(c2ccc(CBr)cc2C#N)C1. The van der Waals surface area contributed by atoms with Gasteiger partial charge >= 0.3 is 0 Å². The number of rotatable bonds is 2. The van der Waals surface area contributed by atoms with E-state index in [0.29, 0.717) is 17.9 Å². The minimum absolute atomic E-state index is 0.498. The smallest absolute Gasteiger partial charge is 0.101 e. The normalized spacial score (nSPS) is 27.1. The van der Waals surface area contributed by atoms with Gasteiger partial charge in [-0.2, -0.15) is 5.26 Å². The van der Waals surface area contributed by atoms with E-state index in [9.17, 15) is 5.26 Å². The van der Waals surface area contributed by atoms with Gasteiger partial charge in [0.05, 0.1) is 11.3 Å². The van der Waals surface area contributed by atoms with Crippen LogP contribution >= 0.6 is 15.9 Å². The number of alkyl halides is 1. The van der Waals surface area contributed by atoms with Gasteiger partial charge in [-0.15, -0.1) is 0 Å². The molecule has 19 heavy (non-hydrogen) atoms. The van der Waals surface area contributed by atoms with Gasteiger partial charge < -0.3 is 4.90 Å². The average Bonchev–Trinajstić information content (AvgIpc) is 2.42. The molecule has 2 nitrogen and oxygen atoms in total. The van der Waals surface area contributed by atoms with Crippen molar-refractivity contribution in [2.24, 2.45) is 11.8 Å². The lowest BCUT2D eigenvalue weighted by atomic mass is 9.85. The highest BCUT2D eigenvalue weighted by Crippen LogP contribution is 2.33. The molecule has 0 saturated carbocycles. The first-order valence-electron chi connectivity index (χ1n) is 6.92. The Hall–Kier alpha value is -1.01. The molecule has 0 N–H and O–H groups in total. The van der Waals surface area contributed by atoms with Crippen molar-refractivity contribution < 1.29 is 0 Å². The summed E-state index contributed by atoms with van der Waals surface area (Å²) < 4.78 is 0. The molecule has 102 valence electrons. The number of nitriles is 1. The molecule has 0 bridgehead atoms. The third-order valence-corrected chi connectivity index (χ3v) is 4.89. The first kappa shape index (κ1) is 14.4. The summed E-state index contributed by atoms with van der Waals surface area (Å²) in [6.07, 6.45) is 1.28. The third-order valence-electron chi connectivity index (χ3n) is 4.24. The monoisotopic (exact) mass is 320 g/mol. The lowest BCUT2D eigenvalue weighted by molar-refractivity contribution is 0.297. The number of hydrogen-bond donors (Lipinski definition) is 0. The van der Waals surface area contributed by atoms with E-state index in [1.807, 2.05) is 6.07 Å². The second-order valence-electron chi connectivity index (χ2n) is 5.81. The van der Waals surface area contributed by atoms with Crippen LogP contribution in [0.1, 0.15) is 38.3 Å². The molecule has 3 atom stereocenters. The summed E-state index contributed by atoms with van der Waals surface area (Å²) in [6, 6.07) is 9.07. The van der Waals surface area contributed by atoms with E-state index in [1.165, 1.54) is 6.42 Å². The minimum Gasteiger partial charge on any atom is -0.367 e. The molecule has 0 aromatic heterocycles. The van der Waals surface area contributed by atoms with Crippen LogP contribution in [0.2, 0.25) is 0 Å². The summed E-state index contributed by atoms with van der Waals surface area (Å²) in [6.45, 7) is 7.93. The van der Waals surface area contributed by atoms with Crippen molar-refractivity contribution in [1.82, 2.24) is 0 Å². The van der Waals surface area contributed by atoms with Crippen molar-refractivity contribution in [3.8, 4) is 6.07 Å². The lowest BCUT2D eigenvalue weighted by Gasteiger charge is -2.43. The van der Waals surface area contributed by atoms with E-state index < -0.39 is 0 Å². The van der Waals surface area contributed by atoms with E-state index in [-0.39, 0.29) is 0 Å². The van der Waals surface area contributed by atoms with E-state index >= 15 is 0 Å². The summed E-state index contributed by atoms with van der Waals surface area (Å²) >= 11 is 3.45. The molecule has 3 heteroatoms. The maximum atomic E-state index is 9.40. The molecule has 0 amide bonds. The molecule has 1 fully saturated rings. The fourth-order valence-corrected chi connectivity index (χ4v) is 3.39. The van der Waals surface area contributed by atoms with Crippen LogP contribution in [0.15, 0.2) is 18.2 Å². The Kier molecular flexibility index (Phi) is 4.52. The molecule has 0 radical (unpaired) electrons. The number of nitrogens with zero attached hydrogens (tertiary/aromatic N) is 2. The Balaban J connectivity index is 2.37. The van der Waals surface area contributed by atoms with Crippen LogP contribution in [-0.4, -0.2) is 12.6 Å². The Bertz CT molecular complexity index is 492. The highest BCUT2D eigenvalue weighted by Gasteiger charge is 2.30. The second kappa shape index (κ2) is 5.96. The first-order valence-corrected chi connectivity index (χ1v) is 8.04. The van der Waals surface area contributed by atoms with Gasteiger partial charge in [-0.1, -0.05) is 35.8 Å². The average molecular weight is 321 g/mol. The molecule has 1 aromatic carbocycles. The molecule has 1 aliphatic heterocycles. The number of benzene rings is 1. The van der Waals surface area contributed by atoms with Crippen LogP contribution in [0.25, 0.3) is 0 Å². The number of piperidine rings is 1. The highest BCUT2D eigenvalue weighted by atomic mass is 79.9. The van der Waals surface area contributed by atoms with Gasteiger partial charge in [0.25, 0.3) is 0 Å². The van der Waals surface area contributed by atoms with Crippen molar-refractivity contribution in [3.63, 3.8) is 0 Å². The van der Waals surface area contributed by atoms with E-state index in [1.54, 1.807) is 0 Å². The molecule has 0 spiro atoms. The molecule has 0 aliphatic carbocycles. The maximum Gasteiger partial charge on any atom is 0.101 e. The van der Waals surface area contributed by atoms with Gasteiger partial charge in [-0.25, -0.2) is 0 Å². The summed E-state index contributed by atoms with van der Waals surface area (Å²) in [4.78, 5) is 2.41. The van der Waals surface area contributed by atoms with Crippen LogP contribution in [0, 0.1) is 23.2 Å². The standard InChI is InChI=1S/C16H21BrN2/c1-11-6-12(2)13(3)19(10-11)16-5-4-14(8-17)7-15(16)9-18/h4-5,7,11-13H,6,8,10H2,1-3H3. The Morgan fingerprint density at radius 2 is 2.11 bits per heavy atom. The third kappa shape index (κ3) is 2.95. The van der Waals surface area contributed by atoms with Crippen LogP contribution < -0.4 is 4.90 Å². The van der Waals surface area contributed by atoms with Gasteiger partial charge in [0.1, 0.15) is 6.07 Å². The van der Waals surface area contributed by atoms with E-state index in [4.69, 9.17) is 0 Å². The largest absolute Gasteiger partial charge is 0.367 e. The topological polar surface area (TPSA) is 27.0 Å². The number of hydrogen-bond acceptors (Lipinski definition) is 2. The van der Waals surface area contributed by atoms with Crippen LogP contribution in [0.4, 0.5) is 5.69 Å². The minimum atomic E-state index is 0.498. The van der Waals surface area contributed by atoms with E-state index in [0.717, 1.165) is 28.7 Å². The fraction of sp³-hybridized carbons (Fsp3) is 0.562. The molecule has 2 rings (SSSR count). The Morgan fingerprint density at radius 1 is 1.37 bits per heavy atom.